The molecule has 3 nitrogen and oxygen atoms in total. The summed E-state index contributed by atoms with van der Waals surface area (Å²) in [7, 11) is 0. The van der Waals surface area contributed by atoms with Crippen molar-refractivity contribution in [2.24, 2.45) is 0 Å². The first kappa shape index (κ1) is 31.5. The normalized spacial score (nSPS) is 11.3. The van der Waals surface area contributed by atoms with Gasteiger partial charge in [0.1, 0.15) is 0 Å². The smallest absolute Gasteiger partial charge is 0.160 e. The Labute approximate surface area is 313 Å². The number of aromatic nitrogens is 3. The molecule has 0 aliphatic carbocycles. The van der Waals surface area contributed by atoms with Crippen molar-refractivity contribution in [2.75, 3.05) is 0 Å². The summed E-state index contributed by atoms with van der Waals surface area (Å²) in [6.45, 7) is 0. The molecule has 0 saturated carbocycles. The lowest BCUT2D eigenvalue weighted by atomic mass is 9.96. The van der Waals surface area contributed by atoms with Gasteiger partial charge in [-0.3, -0.25) is 4.98 Å². The summed E-state index contributed by atoms with van der Waals surface area (Å²) < 4.78 is 0. The highest BCUT2D eigenvalue weighted by atomic mass is 14.9. The summed E-state index contributed by atoms with van der Waals surface area (Å²) in [4.78, 5) is 14.9. The third-order valence-corrected chi connectivity index (χ3v) is 10.4. The van der Waals surface area contributed by atoms with Gasteiger partial charge in [0.05, 0.1) is 11.4 Å². The summed E-state index contributed by atoms with van der Waals surface area (Å²) in [6.07, 6.45) is 3.88. The molecule has 0 bridgehead atoms. The molecule has 2 heterocycles. The van der Waals surface area contributed by atoms with Crippen LogP contribution in [0.25, 0.3) is 99.6 Å². The fourth-order valence-corrected chi connectivity index (χ4v) is 7.63. The van der Waals surface area contributed by atoms with E-state index in [2.05, 4.69) is 193 Å². The first-order valence-electron chi connectivity index (χ1n) is 18.2. The zero-order chi connectivity index (χ0) is 35.8. The van der Waals surface area contributed by atoms with Gasteiger partial charge < -0.3 is 0 Å². The third-order valence-electron chi connectivity index (χ3n) is 10.4. The van der Waals surface area contributed by atoms with Crippen molar-refractivity contribution in [3.63, 3.8) is 0 Å². The average molecular weight is 688 g/mol. The summed E-state index contributed by atoms with van der Waals surface area (Å²) in [5.74, 6) is 0.695. The molecule has 0 radical (unpaired) electrons. The lowest BCUT2D eigenvalue weighted by Crippen LogP contribution is -1.96. The van der Waals surface area contributed by atoms with E-state index in [1.807, 2.05) is 12.4 Å². The summed E-state index contributed by atoms with van der Waals surface area (Å²) >= 11 is 0. The molecule has 2 aromatic heterocycles. The van der Waals surface area contributed by atoms with E-state index < -0.39 is 0 Å². The molecule has 0 aliphatic heterocycles. The maximum absolute atomic E-state index is 5.21. The summed E-state index contributed by atoms with van der Waals surface area (Å²) in [6, 6.07) is 66.5. The van der Waals surface area contributed by atoms with E-state index in [1.54, 1.807) is 0 Å². The van der Waals surface area contributed by atoms with Crippen LogP contribution in [0.2, 0.25) is 0 Å². The SMILES string of the molecule is c1cc(-c2ccc(-c3cc(-c4cccc5ccccc45)nc(-c4ccc(-c5cccc6ccccc56)cc4)n3)cc2)cc(-c2cncc3ccccc23)c1. The van der Waals surface area contributed by atoms with Gasteiger partial charge in [-0.25, -0.2) is 9.97 Å². The summed E-state index contributed by atoms with van der Waals surface area (Å²) in [5.41, 5.74) is 11.8. The molecule has 8 aromatic carbocycles. The number of hydrogen-bond donors (Lipinski definition) is 0. The molecule has 0 spiro atoms. The molecular weight excluding hydrogens is 655 g/mol. The highest BCUT2D eigenvalue weighted by molar-refractivity contribution is 5.99. The van der Waals surface area contributed by atoms with Gasteiger partial charge >= 0.3 is 0 Å². The Morgan fingerprint density at radius 2 is 0.796 bits per heavy atom. The van der Waals surface area contributed by atoms with Crippen LogP contribution in [0.3, 0.4) is 0 Å². The molecule has 54 heavy (non-hydrogen) atoms. The highest BCUT2D eigenvalue weighted by Crippen LogP contribution is 2.36. The maximum atomic E-state index is 5.21. The topological polar surface area (TPSA) is 38.7 Å². The van der Waals surface area contributed by atoms with Crippen molar-refractivity contribution in [3.8, 4) is 67.3 Å². The van der Waals surface area contributed by atoms with Gasteiger partial charge in [-0.15, -0.1) is 0 Å². The van der Waals surface area contributed by atoms with Gasteiger partial charge in [0, 0.05) is 40.0 Å². The number of hydrogen-bond acceptors (Lipinski definition) is 3. The second-order valence-corrected chi connectivity index (χ2v) is 13.7. The minimum atomic E-state index is 0.695. The van der Waals surface area contributed by atoms with Crippen LogP contribution in [0.1, 0.15) is 0 Å². The van der Waals surface area contributed by atoms with Gasteiger partial charge in [0.25, 0.3) is 0 Å². The van der Waals surface area contributed by atoms with Crippen molar-refractivity contribution in [2.45, 2.75) is 0 Å². The van der Waals surface area contributed by atoms with Crippen LogP contribution in [0.5, 0.6) is 0 Å². The standard InChI is InChI=1S/C51H33N3/c1-4-17-43-35(10-1)13-8-20-44(43)37-24-28-39(29-25-37)51-53-49(31-50(54-51)47-21-9-14-36-11-2-5-18-45(36)47)38-26-22-34(23-27-38)40-15-7-16-41(30-40)48-33-52-32-42-12-3-6-19-46(42)48/h1-33H. The second-order valence-electron chi connectivity index (χ2n) is 13.7. The Morgan fingerprint density at radius 1 is 0.278 bits per heavy atom. The molecule has 0 saturated heterocycles. The maximum Gasteiger partial charge on any atom is 0.160 e. The van der Waals surface area contributed by atoms with E-state index in [9.17, 15) is 0 Å². The quantitative estimate of drug-likeness (QED) is 0.175. The Hall–Kier alpha value is -7.23. The Morgan fingerprint density at radius 3 is 1.54 bits per heavy atom. The van der Waals surface area contributed by atoms with Crippen molar-refractivity contribution < 1.29 is 0 Å². The Bertz CT molecular complexity index is 2970. The predicted molar refractivity (Wildman–Crippen MR) is 225 cm³/mol. The lowest BCUT2D eigenvalue weighted by Gasteiger charge is -2.13. The molecule has 0 unspecified atom stereocenters. The van der Waals surface area contributed by atoms with Crippen LogP contribution in [-0.2, 0) is 0 Å². The molecule has 0 fully saturated rings. The largest absolute Gasteiger partial charge is 0.263 e. The third kappa shape index (κ3) is 5.78. The van der Waals surface area contributed by atoms with Crippen LogP contribution in [0, 0.1) is 0 Å². The number of fused-ring (bicyclic) bond motifs is 3. The number of pyridine rings is 1. The fraction of sp³-hybridized carbons (Fsp3) is 0. The first-order chi connectivity index (χ1) is 26.7. The van der Waals surface area contributed by atoms with Crippen molar-refractivity contribution in [3.05, 3.63) is 200 Å². The molecule has 3 heteroatoms. The molecule has 0 atom stereocenters. The van der Waals surface area contributed by atoms with Gasteiger partial charge in [-0.1, -0.05) is 176 Å². The predicted octanol–water partition coefficient (Wildman–Crippen LogP) is 13.3. The minimum absolute atomic E-state index is 0.695. The fourth-order valence-electron chi connectivity index (χ4n) is 7.63. The zero-order valence-electron chi connectivity index (χ0n) is 29.4. The Kier molecular flexibility index (Phi) is 7.81. The van der Waals surface area contributed by atoms with Crippen LogP contribution in [0.15, 0.2) is 200 Å². The van der Waals surface area contributed by atoms with Gasteiger partial charge in [0.2, 0.25) is 0 Å². The van der Waals surface area contributed by atoms with Crippen LogP contribution < -0.4 is 0 Å². The number of benzene rings is 8. The van der Waals surface area contributed by atoms with E-state index in [4.69, 9.17) is 9.97 Å². The molecule has 0 amide bonds. The van der Waals surface area contributed by atoms with E-state index >= 15 is 0 Å². The first-order valence-corrected chi connectivity index (χ1v) is 18.2. The number of rotatable bonds is 6. The van der Waals surface area contributed by atoms with E-state index in [1.165, 1.54) is 32.5 Å². The monoisotopic (exact) mass is 687 g/mol. The lowest BCUT2D eigenvalue weighted by molar-refractivity contribution is 1.18. The molecular formula is C51H33N3. The van der Waals surface area contributed by atoms with Crippen molar-refractivity contribution >= 4 is 32.3 Å². The molecule has 252 valence electrons. The van der Waals surface area contributed by atoms with Gasteiger partial charge in [0.15, 0.2) is 5.82 Å². The number of nitrogens with zero attached hydrogens (tertiary/aromatic N) is 3. The molecule has 0 aliphatic rings. The van der Waals surface area contributed by atoms with Crippen LogP contribution >= 0.6 is 0 Å². The van der Waals surface area contributed by atoms with Crippen LogP contribution in [0.4, 0.5) is 0 Å². The highest BCUT2D eigenvalue weighted by Gasteiger charge is 2.14. The van der Waals surface area contributed by atoms with Crippen LogP contribution in [-0.4, -0.2) is 15.0 Å². The molecule has 0 N–H and O–H groups in total. The van der Waals surface area contributed by atoms with Gasteiger partial charge in [-0.2, -0.15) is 0 Å². The van der Waals surface area contributed by atoms with E-state index in [0.717, 1.165) is 61.3 Å². The minimum Gasteiger partial charge on any atom is -0.263 e. The van der Waals surface area contributed by atoms with Gasteiger partial charge in [-0.05, 0) is 66.9 Å². The zero-order valence-corrected chi connectivity index (χ0v) is 29.4. The second kappa shape index (κ2) is 13.4. The molecule has 10 rings (SSSR count). The average Bonchev–Trinajstić information content (AvgIpc) is 3.26. The molecule has 10 aromatic rings. The van der Waals surface area contributed by atoms with E-state index in [0.29, 0.717) is 5.82 Å². The summed E-state index contributed by atoms with van der Waals surface area (Å²) in [5, 5.41) is 7.16. The van der Waals surface area contributed by atoms with Crippen molar-refractivity contribution in [1.82, 2.24) is 15.0 Å². The van der Waals surface area contributed by atoms with Crippen molar-refractivity contribution in [1.29, 1.82) is 0 Å². The van der Waals surface area contributed by atoms with E-state index in [-0.39, 0.29) is 0 Å². The Balaban J connectivity index is 1.05.